The fraction of sp³-hybridized carbons (Fsp3) is 0.231. The molecule has 0 saturated heterocycles. The highest BCUT2D eigenvalue weighted by molar-refractivity contribution is 7.15. The number of hydrogen-bond donors (Lipinski definition) is 1. The van der Waals surface area contributed by atoms with Crippen LogP contribution < -0.4 is 10.1 Å². The molecule has 2 rings (SSSR count). The number of methoxy groups -OCH3 is 2. The van der Waals surface area contributed by atoms with Crippen LogP contribution in [-0.4, -0.2) is 25.2 Å². The molecule has 0 aliphatic rings. The second-order valence-electron chi connectivity index (χ2n) is 3.89. The highest BCUT2D eigenvalue weighted by Crippen LogP contribution is 2.30. The first kappa shape index (κ1) is 14.6. The van der Waals surface area contributed by atoms with Crippen molar-refractivity contribution in [1.82, 2.24) is 4.98 Å². The molecule has 0 aliphatic carbocycles. The Labute approximate surface area is 125 Å². The largest absolute Gasteiger partial charge is 0.495 e. The average Bonchev–Trinajstić information content (AvgIpc) is 2.79. The number of hydrogen-bond acceptors (Lipinski definition) is 6. The minimum Gasteiger partial charge on any atom is -0.495 e. The van der Waals surface area contributed by atoms with Crippen molar-refractivity contribution in [3.05, 3.63) is 33.8 Å². The fourth-order valence-corrected chi connectivity index (χ4v) is 2.68. The molecule has 20 heavy (non-hydrogen) atoms. The molecule has 1 N–H and O–H groups in total. The molecular formula is C13H13ClN2O3S. The Bertz CT molecular complexity index is 643. The van der Waals surface area contributed by atoms with Gasteiger partial charge in [-0.15, -0.1) is 11.3 Å². The summed E-state index contributed by atoms with van der Waals surface area (Å²) in [5.41, 5.74) is 1.08. The van der Waals surface area contributed by atoms with Gasteiger partial charge in [0, 0.05) is 10.6 Å². The fourth-order valence-electron chi connectivity index (χ4n) is 1.60. The Morgan fingerprint density at radius 1 is 1.40 bits per heavy atom. The van der Waals surface area contributed by atoms with Gasteiger partial charge in [-0.05, 0) is 25.1 Å². The maximum Gasteiger partial charge on any atom is 0.357 e. The summed E-state index contributed by atoms with van der Waals surface area (Å²) in [4.78, 5) is 16.5. The lowest BCUT2D eigenvalue weighted by molar-refractivity contribution is 0.0594. The molecule has 0 bridgehead atoms. The molecule has 0 saturated carbocycles. The molecule has 0 amide bonds. The van der Waals surface area contributed by atoms with Crippen LogP contribution in [0.5, 0.6) is 5.75 Å². The first-order chi connectivity index (χ1) is 9.55. The molecular weight excluding hydrogens is 300 g/mol. The summed E-state index contributed by atoms with van der Waals surface area (Å²) in [6, 6.07) is 5.31. The number of carbonyl (C=O) groups excluding carboxylic acids is 1. The smallest absolute Gasteiger partial charge is 0.357 e. The molecule has 106 valence electrons. The van der Waals surface area contributed by atoms with E-state index < -0.39 is 5.97 Å². The van der Waals surface area contributed by atoms with Crippen molar-refractivity contribution >= 4 is 39.7 Å². The van der Waals surface area contributed by atoms with Gasteiger partial charge in [0.2, 0.25) is 0 Å². The molecule has 2 aromatic rings. The zero-order valence-electron chi connectivity index (χ0n) is 11.2. The van der Waals surface area contributed by atoms with Crippen LogP contribution in [-0.2, 0) is 4.74 Å². The Balaban J connectivity index is 2.22. The van der Waals surface area contributed by atoms with Crippen LogP contribution in [0, 0.1) is 6.92 Å². The summed E-state index contributed by atoms with van der Waals surface area (Å²) >= 11 is 7.42. The lowest BCUT2D eigenvalue weighted by Crippen LogP contribution is -2.03. The highest BCUT2D eigenvalue weighted by atomic mass is 35.5. The van der Waals surface area contributed by atoms with E-state index in [0.717, 1.165) is 10.6 Å². The molecule has 0 unspecified atom stereocenters. The molecule has 0 radical (unpaired) electrons. The summed E-state index contributed by atoms with van der Waals surface area (Å²) in [5.74, 6) is 0.155. The van der Waals surface area contributed by atoms with Crippen molar-refractivity contribution in [3.8, 4) is 5.75 Å². The van der Waals surface area contributed by atoms with Crippen LogP contribution in [0.25, 0.3) is 0 Å². The number of nitrogens with one attached hydrogen (secondary N) is 1. The van der Waals surface area contributed by atoms with Gasteiger partial charge in [0.05, 0.1) is 19.2 Å². The van der Waals surface area contributed by atoms with Crippen molar-refractivity contribution in [2.45, 2.75) is 6.92 Å². The molecule has 0 aliphatic heterocycles. The number of thiazole rings is 1. The summed E-state index contributed by atoms with van der Waals surface area (Å²) in [6.07, 6.45) is 0. The first-order valence-electron chi connectivity index (χ1n) is 5.71. The summed E-state index contributed by atoms with van der Waals surface area (Å²) in [6.45, 7) is 1.82. The van der Waals surface area contributed by atoms with E-state index >= 15 is 0 Å². The van der Waals surface area contributed by atoms with Gasteiger partial charge in [0.1, 0.15) is 5.75 Å². The van der Waals surface area contributed by atoms with Gasteiger partial charge in [-0.1, -0.05) is 11.6 Å². The van der Waals surface area contributed by atoms with E-state index in [-0.39, 0.29) is 0 Å². The van der Waals surface area contributed by atoms with E-state index in [9.17, 15) is 4.79 Å². The van der Waals surface area contributed by atoms with Gasteiger partial charge in [-0.25, -0.2) is 9.78 Å². The molecule has 0 fully saturated rings. The predicted molar refractivity (Wildman–Crippen MR) is 79.5 cm³/mol. The van der Waals surface area contributed by atoms with E-state index in [1.54, 1.807) is 19.2 Å². The summed E-state index contributed by atoms with van der Waals surface area (Å²) < 4.78 is 9.76. The van der Waals surface area contributed by atoms with Crippen LogP contribution in [0.15, 0.2) is 18.2 Å². The number of halogens is 1. The third kappa shape index (κ3) is 3.02. The number of aryl methyl sites for hydroxylation is 1. The second kappa shape index (κ2) is 6.11. The topological polar surface area (TPSA) is 60.5 Å². The molecule has 1 aromatic heterocycles. The molecule has 7 heteroatoms. The number of carbonyl (C=O) groups is 1. The van der Waals surface area contributed by atoms with E-state index in [1.165, 1.54) is 18.4 Å². The van der Waals surface area contributed by atoms with Crippen LogP contribution in [0.4, 0.5) is 10.8 Å². The third-order valence-electron chi connectivity index (χ3n) is 2.58. The third-order valence-corrected chi connectivity index (χ3v) is 3.76. The number of rotatable bonds is 4. The van der Waals surface area contributed by atoms with E-state index in [0.29, 0.717) is 21.6 Å². The van der Waals surface area contributed by atoms with E-state index in [2.05, 4.69) is 15.0 Å². The number of anilines is 2. The van der Waals surface area contributed by atoms with Crippen molar-refractivity contribution in [2.75, 3.05) is 19.5 Å². The second-order valence-corrected chi connectivity index (χ2v) is 5.50. The number of aromatic nitrogens is 1. The van der Waals surface area contributed by atoms with Gasteiger partial charge in [-0.2, -0.15) is 0 Å². The van der Waals surface area contributed by atoms with Crippen molar-refractivity contribution in [3.63, 3.8) is 0 Å². The Kier molecular flexibility index (Phi) is 4.46. The minimum absolute atomic E-state index is 0.319. The van der Waals surface area contributed by atoms with Crippen LogP contribution in [0.3, 0.4) is 0 Å². The molecule has 1 heterocycles. The summed E-state index contributed by atoms with van der Waals surface area (Å²) in [7, 11) is 2.89. The summed E-state index contributed by atoms with van der Waals surface area (Å²) in [5, 5.41) is 4.20. The number of benzene rings is 1. The van der Waals surface area contributed by atoms with E-state index in [1.807, 2.05) is 13.0 Å². The minimum atomic E-state index is -0.445. The standard InChI is InChI=1S/C13H13ClN2O3S/c1-7-11(12(17)19-3)16-13(20-7)15-8-4-5-10(18-2)9(14)6-8/h4-6H,1-3H3,(H,15,16). The molecule has 1 aromatic carbocycles. The lowest BCUT2D eigenvalue weighted by Gasteiger charge is -2.06. The highest BCUT2D eigenvalue weighted by Gasteiger charge is 2.16. The van der Waals surface area contributed by atoms with Gasteiger partial charge < -0.3 is 14.8 Å². The number of esters is 1. The van der Waals surface area contributed by atoms with Crippen LogP contribution >= 0.6 is 22.9 Å². The van der Waals surface area contributed by atoms with Gasteiger partial charge in [0.15, 0.2) is 10.8 Å². The van der Waals surface area contributed by atoms with Gasteiger partial charge in [-0.3, -0.25) is 0 Å². The van der Waals surface area contributed by atoms with Gasteiger partial charge in [0.25, 0.3) is 0 Å². The average molecular weight is 313 g/mol. The normalized spacial score (nSPS) is 10.2. The first-order valence-corrected chi connectivity index (χ1v) is 6.91. The van der Waals surface area contributed by atoms with Crippen molar-refractivity contribution in [1.29, 1.82) is 0 Å². The lowest BCUT2D eigenvalue weighted by atomic mass is 10.3. The van der Waals surface area contributed by atoms with Crippen molar-refractivity contribution < 1.29 is 14.3 Å². The Hall–Kier alpha value is -1.79. The SMILES string of the molecule is COC(=O)c1nc(Nc2ccc(OC)c(Cl)c2)sc1C. The maximum atomic E-state index is 11.5. The zero-order valence-corrected chi connectivity index (χ0v) is 12.8. The van der Waals surface area contributed by atoms with E-state index in [4.69, 9.17) is 16.3 Å². The van der Waals surface area contributed by atoms with Crippen LogP contribution in [0.1, 0.15) is 15.4 Å². The molecule has 5 nitrogen and oxygen atoms in total. The van der Waals surface area contributed by atoms with Crippen LogP contribution in [0.2, 0.25) is 5.02 Å². The Morgan fingerprint density at radius 2 is 2.15 bits per heavy atom. The number of nitrogens with zero attached hydrogens (tertiary/aromatic N) is 1. The maximum absolute atomic E-state index is 11.5. The molecule has 0 spiro atoms. The Morgan fingerprint density at radius 3 is 2.75 bits per heavy atom. The zero-order chi connectivity index (χ0) is 14.7. The van der Waals surface area contributed by atoms with Crippen molar-refractivity contribution in [2.24, 2.45) is 0 Å². The van der Waals surface area contributed by atoms with Gasteiger partial charge >= 0.3 is 5.97 Å². The quantitative estimate of drug-likeness (QED) is 0.873. The predicted octanol–water partition coefficient (Wildman–Crippen LogP) is 3.64. The molecule has 0 atom stereocenters. The monoisotopic (exact) mass is 312 g/mol. The number of ether oxygens (including phenoxy) is 2.